The second-order valence-corrected chi connectivity index (χ2v) is 8.34. The first-order valence-electron chi connectivity index (χ1n) is 8.24. The molecule has 0 bridgehead atoms. The number of carbonyl (C=O) groups is 1. The second kappa shape index (κ2) is 8.16. The van der Waals surface area contributed by atoms with Crippen LogP contribution < -0.4 is 5.43 Å². The molecule has 0 unspecified atom stereocenters. The molecule has 1 N–H and O–H groups in total. The highest BCUT2D eigenvalue weighted by Crippen LogP contribution is 2.27. The van der Waals surface area contributed by atoms with Crippen LogP contribution in [0.5, 0.6) is 0 Å². The molecule has 2 aromatic carbocycles. The van der Waals surface area contributed by atoms with E-state index >= 15 is 0 Å². The molecule has 1 heterocycles. The summed E-state index contributed by atoms with van der Waals surface area (Å²) < 4.78 is 39.7. The number of carbonyl (C=O) groups excluding carboxylic acids is 1. The molecule has 6 nitrogen and oxygen atoms in total. The van der Waals surface area contributed by atoms with Crippen LogP contribution in [0.25, 0.3) is 0 Å². The van der Waals surface area contributed by atoms with Crippen molar-refractivity contribution in [2.24, 2.45) is 5.10 Å². The van der Waals surface area contributed by atoms with Crippen molar-refractivity contribution in [2.75, 3.05) is 6.54 Å². The van der Waals surface area contributed by atoms with Crippen LogP contribution in [0.1, 0.15) is 18.4 Å². The van der Waals surface area contributed by atoms with Gasteiger partial charge in [0.15, 0.2) is 0 Å². The fourth-order valence-electron chi connectivity index (χ4n) is 2.83. The fraction of sp³-hybridized carbons (Fsp3) is 0.222. The number of hydrogen-bond donors (Lipinski definition) is 1. The first-order valence-corrected chi connectivity index (χ1v) is 10.1. The van der Waals surface area contributed by atoms with Crippen molar-refractivity contribution in [3.05, 3.63) is 64.9 Å². The number of nitrogens with one attached hydrogen (secondary N) is 1. The van der Waals surface area contributed by atoms with Crippen molar-refractivity contribution in [2.45, 2.75) is 23.8 Å². The molecule has 0 spiro atoms. The lowest BCUT2D eigenvalue weighted by atomic mass is 10.2. The van der Waals surface area contributed by atoms with E-state index in [2.05, 4.69) is 10.5 Å². The number of rotatable bonds is 5. The van der Waals surface area contributed by atoms with Gasteiger partial charge in [-0.3, -0.25) is 4.79 Å². The van der Waals surface area contributed by atoms with Crippen molar-refractivity contribution in [1.82, 2.24) is 9.73 Å². The Bertz CT molecular complexity index is 947. The van der Waals surface area contributed by atoms with Crippen LogP contribution in [0.15, 0.2) is 58.5 Å². The van der Waals surface area contributed by atoms with Gasteiger partial charge in [-0.2, -0.15) is 9.41 Å². The van der Waals surface area contributed by atoms with Crippen molar-refractivity contribution >= 4 is 33.7 Å². The fourth-order valence-corrected chi connectivity index (χ4v) is 4.61. The SMILES string of the molecule is O=C(NN=Cc1ccc(F)cc1)[C@@H]1CCCN1S(=O)(=O)c1ccc(Cl)cc1. The zero-order valence-corrected chi connectivity index (χ0v) is 15.8. The van der Waals surface area contributed by atoms with Gasteiger partial charge in [0.05, 0.1) is 11.1 Å². The Labute approximate surface area is 161 Å². The number of halogens is 2. The number of hydrazone groups is 1. The predicted molar refractivity (Wildman–Crippen MR) is 101 cm³/mol. The minimum absolute atomic E-state index is 0.0846. The molecular formula is C18H17ClFN3O3S. The third kappa shape index (κ3) is 4.52. The van der Waals surface area contributed by atoms with Gasteiger partial charge in [0.2, 0.25) is 10.0 Å². The molecule has 27 heavy (non-hydrogen) atoms. The molecular weight excluding hydrogens is 393 g/mol. The molecule has 142 valence electrons. The molecule has 3 rings (SSSR count). The molecule has 0 aliphatic carbocycles. The number of benzene rings is 2. The third-order valence-electron chi connectivity index (χ3n) is 4.18. The number of hydrogen-bond acceptors (Lipinski definition) is 4. The maximum absolute atomic E-state index is 12.9. The summed E-state index contributed by atoms with van der Waals surface area (Å²) in [7, 11) is -3.81. The van der Waals surface area contributed by atoms with E-state index in [-0.39, 0.29) is 17.3 Å². The number of nitrogens with zero attached hydrogens (tertiary/aromatic N) is 2. The predicted octanol–water partition coefficient (Wildman–Crippen LogP) is 2.78. The first kappa shape index (κ1) is 19.5. The standard InChI is InChI=1S/C18H17ClFN3O3S/c19-14-5-9-16(10-6-14)27(25,26)23-11-1-2-17(23)18(24)22-21-12-13-3-7-15(20)8-4-13/h3-10,12,17H,1-2,11H2,(H,22,24)/t17-/m0/s1. The highest BCUT2D eigenvalue weighted by atomic mass is 35.5. The van der Waals surface area contributed by atoms with E-state index < -0.39 is 22.0 Å². The average molecular weight is 410 g/mol. The minimum Gasteiger partial charge on any atom is -0.271 e. The summed E-state index contributed by atoms with van der Waals surface area (Å²) in [4.78, 5) is 12.5. The Balaban J connectivity index is 1.70. The van der Waals surface area contributed by atoms with Crippen LogP contribution in [0.3, 0.4) is 0 Å². The quantitative estimate of drug-likeness (QED) is 0.609. The molecule has 1 saturated heterocycles. The lowest BCUT2D eigenvalue weighted by Gasteiger charge is -2.22. The van der Waals surface area contributed by atoms with E-state index in [1.165, 1.54) is 59.1 Å². The van der Waals surface area contributed by atoms with E-state index in [1.54, 1.807) is 0 Å². The maximum atomic E-state index is 12.9. The summed E-state index contributed by atoms with van der Waals surface area (Å²) in [5.74, 6) is -0.881. The van der Waals surface area contributed by atoms with Crippen molar-refractivity contribution in [3.63, 3.8) is 0 Å². The van der Waals surface area contributed by atoms with E-state index in [0.29, 0.717) is 23.4 Å². The highest BCUT2D eigenvalue weighted by molar-refractivity contribution is 7.89. The summed E-state index contributed by atoms with van der Waals surface area (Å²) in [6.45, 7) is 0.255. The Hall–Kier alpha value is -2.29. The van der Waals surface area contributed by atoms with Crippen molar-refractivity contribution in [3.8, 4) is 0 Å². The van der Waals surface area contributed by atoms with Gasteiger partial charge in [-0.25, -0.2) is 18.2 Å². The minimum atomic E-state index is -3.81. The lowest BCUT2D eigenvalue weighted by molar-refractivity contribution is -0.124. The summed E-state index contributed by atoms with van der Waals surface area (Å²) >= 11 is 5.81. The molecule has 1 atom stereocenters. The zero-order valence-electron chi connectivity index (χ0n) is 14.2. The normalized spacial score (nSPS) is 18.1. The Kier molecular flexibility index (Phi) is 5.88. The van der Waals surface area contributed by atoms with Crippen LogP contribution in [-0.4, -0.2) is 37.4 Å². The molecule has 1 aliphatic rings. The van der Waals surface area contributed by atoms with Gasteiger partial charge >= 0.3 is 0 Å². The topological polar surface area (TPSA) is 78.8 Å². The average Bonchev–Trinajstić information content (AvgIpc) is 3.14. The lowest BCUT2D eigenvalue weighted by Crippen LogP contribution is -2.44. The van der Waals surface area contributed by atoms with Gasteiger partial charge in [-0.1, -0.05) is 23.7 Å². The van der Waals surface area contributed by atoms with Crippen LogP contribution >= 0.6 is 11.6 Å². The maximum Gasteiger partial charge on any atom is 0.258 e. The van der Waals surface area contributed by atoms with E-state index in [1.807, 2.05) is 0 Å². The monoisotopic (exact) mass is 409 g/mol. The summed E-state index contributed by atoms with van der Waals surface area (Å²) in [5.41, 5.74) is 2.97. The smallest absolute Gasteiger partial charge is 0.258 e. The molecule has 1 fully saturated rings. The van der Waals surface area contributed by atoms with Crippen LogP contribution in [-0.2, 0) is 14.8 Å². The third-order valence-corrected chi connectivity index (χ3v) is 6.36. The van der Waals surface area contributed by atoms with Gasteiger partial charge in [0.25, 0.3) is 5.91 Å². The Morgan fingerprint density at radius 2 is 1.85 bits per heavy atom. The Morgan fingerprint density at radius 1 is 1.19 bits per heavy atom. The van der Waals surface area contributed by atoms with E-state index in [0.717, 1.165) is 0 Å². The molecule has 0 saturated carbocycles. The molecule has 9 heteroatoms. The first-order chi connectivity index (χ1) is 12.9. The van der Waals surface area contributed by atoms with E-state index in [9.17, 15) is 17.6 Å². The van der Waals surface area contributed by atoms with Gasteiger partial charge in [0, 0.05) is 11.6 Å². The van der Waals surface area contributed by atoms with Gasteiger partial charge < -0.3 is 0 Å². The molecule has 1 amide bonds. The van der Waals surface area contributed by atoms with Gasteiger partial charge in [0.1, 0.15) is 11.9 Å². The van der Waals surface area contributed by atoms with Crippen LogP contribution in [0, 0.1) is 5.82 Å². The van der Waals surface area contributed by atoms with Crippen LogP contribution in [0.2, 0.25) is 5.02 Å². The van der Waals surface area contributed by atoms with Crippen molar-refractivity contribution < 1.29 is 17.6 Å². The summed E-state index contributed by atoms with van der Waals surface area (Å²) in [5, 5.41) is 4.26. The van der Waals surface area contributed by atoms with Crippen LogP contribution in [0.4, 0.5) is 4.39 Å². The largest absolute Gasteiger partial charge is 0.271 e. The van der Waals surface area contributed by atoms with Crippen molar-refractivity contribution in [1.29, 1.82) is 0 Å². The second-order valence-electron chi connectivity index (χ2n) is 6.01. The molecule has 0 radical (unpaired) electrons. The Morgan fingerprint density at radius 3 is 2.52 bits per heavy atom. The highest BCUT2D eigenvalue weighted by Gasteiger charge is 2.39. The zero-order chi connectivity index (χ0) is 19.4. The molecule has 1 aliphatic heterocycles. The summed E-state index contributed by atoms with van der Waals surface area (Å²) in [6.07, 6.45) is 2.35. The van der Waals surface area contributed by atoms with Gasteiger partial charge in [-0.15, -0.1) is 0 Å². The van der Waals surface area contributed by atoms with Gasteiger partial charge in [-0.05, 0) is 54.8 Å². The molecule has 2 aromatic rings. The number of sulfonamides is 1. The van der Waals surface area contributed by atoms with E-state index in [4.69, 9.17) is 11.6 Å². The number of amides is 1. The molecule has 0 aromatic heterocycles. The summed E-state index contributed by atoms with van der Waals surface area (Å²) in [6, 6.07) is 10.6.